The Balaban J connectivity index is 1.69. The molecule has 7 heteroatoms. The first-order chi connectivity index (χ1) is 9.60. The summed E-state index contributed by atoms with van der Waals surface area (Å²) in [4.78, 5) is 16.3. The van der Waals surface area contributed by atoms with Gasteiger partial charge < -0.3 is 25.6 Å². The molecule has 0 radical (unpaired) electrons. The van der Waals surface area contributed by atoms with E-state index in [1.165, 1.54) is 0 Å². The van der Waals surface area contributed by atoms with Crippen molar-refractivity contribution in [3.8, 4) is 0 Å². The van der Waals surface area contributed by atoms with E-state index in [1.807, 2.05) is 6.92 Å². The Morgan fingerprint density at radius 3 is 2.85 bits per heavy atom. The molecule has 1 saturated carbocycles. The van der Waals surface area contributed by atoms with Crippen LogP contribution in [-0.4, -0.2) is 65.0 Å². The van der Waals surface area contributed by atoms with E-state index in [4.69, 9.17) is 4.74 Å². The molecule has 4 N–H and O–H groups in total. The summed E-state index contributed by atoms with van der Waals surface area (Å²) in [5.74, 6) is 0.426. The molecule has 112 valence electrons. The van der Waals surface area contributed by atoms with Gasteiger partial charge in [-0.25, -0.2) is 0 Å². The lowest BCUT2D eigenvalue weighted by atomic mass is 9.93. The summed E-state index contributed by atoms with van der Waals surface area (Å²) in [7, 11) is 0. The monoisotopic (exact) mass is 283 g/mol. The van der Waals surface area contributed by atoms with E-state index in [2.05, 4.69) is 15.6 Å². The first-order valence-electron chi connectivity index (χ1n) is 7.22. The minimum atomic E-state index is -1.22. The topological polar surface area (TPSA) is 103 Å². The quantitative estimate of drug-likeness (QED) is 0.506. The van der Waals surface area contributed by atoms with Crippen molar-refractivity contribution in [3.63, 3.8) is 0 Å². The molecule has 2 aliphatic heterocycles. The van der Waals surface area contributed by atoms with Crippen molar-refractivity contribution in [3.05, 3.63) is 0 Å². The number of aliphatic imine (C=N–C) groups is 1. The van der Waals surface area contributed by atoms with Gasteiger partial charge in [0.05, 0.1) is 18.0 Å². The fourth-order valence-electron chi connectivity index (χ4n) is 2.79. The summed E-state index contributed by atoms with van der Waals surface area (Å²) in [5, 5.41) is 26.1. The Morgan fingerprint density at radius 2 is 2.20 bits per heavy atom. The predicted molar refractivity (Wildman–Crippen MR) is 71.4 cm³/mol. The van der Waals surface area contributed by atoms with Crippen LogP contribution in [0.3, 0.4) is 0 Å². The van der Waals surface area contributed by atoms with Crippen molar-refractivity contribution in [2.24, 2.45) is 4.99 Å². The summed E-state index contributed by atoms with van der Waals surface area (Å²) in [6, 6.07) is -0.202. The van der Waals surface area contributed by atoms with Gasteiger partial charge in [0.1, 0.15) is 12.2 Å². The minimum absolute atomic E-state index is 0.201. The lowest BCUT2D eigenvalue weighted by Crippen LogP contribution is -2.62. The third kappa shape index (κ3) is 2.53. The van der Waals surface area contributed by atoms with Crippen molar-refractivity contribution in [2.75, 3.05) is 6.54 Å². The fraction of sp³-hybridized carbons (Fsp3) is 0.846. The third-order valence-corrected chi connectivity index (χ3v) is 4.01. The SMILES string of the molecule is CCN=C1C[C@H]2O[C@H](C(=O)NC3CC3)[C@@H](O)[C@H](O)[C@H]2N1. The maximum absolute atomic E-state index is 12.0. The van der Waals surface area contributed by atoms with Crippen molar-refractivity contribution < 1.29 is 19.7 Å². The second-order valence-electron chi connectivity index (χ2n) is 5.65. The lowest BCUT2D eigenvalue weighted by Gasteiger charge is -2.38. The van der Waals surface area contributed by atoms with Crippen LogP contribution in [0.2, 0.25) is 0 Å². The van der Waals surface area contributed by atoms with E-state index in [1.54, 1.807) is 0 Å². The largest absolute Gasteiger partial charge is 0.388 e. The molecular formula is C13H21N3O4. The van der Waals surface area contributed by atoms with Gasteiger partial charge in [-0.2, -0.15) is 0 Å². The standard InChI is InChI=1S/C13H21N3O4/c1-2-14-8-5-7-9(16-8)10(17)11(18)12(20-7)13(19)15-6-3-4-6/h6-7,9-12,17-18H,2-5H2,1H3,(H,14,16)(H,15,19)/t7-,9+,10-,11+,12+/m1/s1. The maximum Gasteiger partial charge on any atom is 0.252 e. The van der Waals surface area contributed by atoms with Gasteiger partial charge in [-0.1, -0.05) is 0 Å². The molecule has 3 aliphatic rings. The first-order valence-corrected chi connectivity index (χ1v) is 7.22. The van der Waals surface area contributed by atoms with Crippen LogP contribution in [0, 0.1) is 0 Å². The molecule has 2 heterocycles. The Hall–Kier alpha value is -1.18. The molecule has 5 atom stereocenters. The number of carbonyl (C=O) groups is 1. The van der Waals surface area contributed by atoms with Crippen molar-refractivity contribution in [2.45, 2.75) is 62.7 Å². The summed E-state index contributed by atoms with van der Waals surface area (Å²) >= 11 is 0. The smallest absolute Gasteiger partial charge is 0.252 e. The number of ether oxygens (including phenoxy) is 1. The van der Waals surface area contributed by atoms with Crippen LogP contribution in [0.1, 0.15) is 26.2 Å². The number of amidine groups is 1. The zero-order valence-electron chi connectivity index (χ0n) is 11.5. The molecule has 0 aromatic carbocycles. The molecule has 0 bridgehead atoms. The van der Waals surface area contributed by atoms with Gasteiger partial charge in [-0.3, -0.25) is 9.79 Å². The first kappa shape index (κ1) is 13.8. The normalized spacial score (nSPS) is 42.1. The molecule has 0 spiro atoms. The highest BCUT2D eigenvalue weighted by Gasteiger charge is 2.50. The third-order valence-electron chi connectivity index (χ3n) is 4.01. The lowest BCUT2D eigenvalue weighted by molar-refractivity contribution is -0.184. The van der Waals surface area contributed by atoms with E-state index < -0.39 is 24.4 Å². The van der Waals surface area contributed by atoms with E-state index in [-0.39, 0.29) is 18.1 Å². The highest BCUT2D eigenvalue weighted by atomic mass is 16.5. The Kier molecular flexibility index (Phi) is 3.66. The van der Waals surface area contributed by atoms with Crippen molar-refractivity contribution in [1.29, 1.82) is 0 Å². The average Bonchev–Trinajstić information content (AvgIpc) is 3.12. The second-order valence-corrected chi connectivity index (χ2v) is 5.65. The maximum atomic E-state index is 12.0. The van der Waals surface area contributed by atoms with Crippen LogP contribution >= 0.6 is 0 Å². The zero-order valence-corrected chi connectivity index (χ0v) is 11.5. The van der Waals surface area contributed by atoms with Gasteiger partial charge in [0, 0.05) is 19.0 Å². The van der Waals surface area contributed by atoms with Gasteiger partial charge in [-0.05, 0) is 19.8 Å². The molecule has 0 aromatic rings. The number of aliphatic hydroxyl groups excluding tert-OH is 2. The summed E-state index contributed by atoms with van der Waals surface area (Å²) in [5.41, 5.74) is 0. The van der Waals surface area contributed by atoms with E-state index in [0.29, 0.717) is 13.0 Å². The van der Waals surface area contributed by atoms with Crippen LogP contribution in [-0.2, 0) is 9.53 Å². The van der Waals surface area contributed by atoms with Crippen molar-refractivity contribution in [1.82, 2.24) is 10.6 Å². The number of hydrogen-bond acceptors (Lipinski definition) is 5. The summed E-state index contributed by atoms with van der Waals surface area (Å²) in [6.45, 7) is 2.57. The van der Waals surface area contributed by atoms with E-state index >= 15 is 0 Å². The number of rotatable bonds is 3. The number of hydrogen-bond donors (Lipinski definition) is 4. The molecule has 3 fully saturated rings. The molecule has 20 heavy (non-hydrogen) atoms. The Labute approximate surface area is 117 Å². The van der Waals surface area contributed by atoms with Gasteiger partial charge in [-0.15, -0.1) is 0 Å². The number of fused-ring (bicyclic) bond motifs is 1. The minimum Gasteiger partial charge on any atom is -0.388 e. The Bertz CT molecular complexity index is 424. The van der Waals surface area contributed by atoms with Crippen molar-refractivity contribution >= 4 is 11.7 Å². The van der Waals surface area contributed by atoms with Crippen LogP contribution in [0.5, 0.6) is 0 Å². The van der Waals surface area contributed by atoms with Crippen LogP contribution in [0.4, 0.5) is 0 Å². The molecule has 7 nitrogen and oxygen atoms in total. The summed E-state index contributed by atoms with van der Waals surface area (Å²) < 4.78 is 5.69. The number of carbonyl (C=O) groups excluding carboxylic acids is 1. The Morgan fingerprint density at radius 1 is 1.45 bits per heavy atom. The molecule has 1 aliphatic carbocycles. The van der Waals surface area contributed by atoms with E-state index in [9.17, 15) is 15.0 Å². The van der Waals surface area contributed by atoms with Gasteiger partial charge in [0.25, 0.3) is 5.91 Å². The summed E-state index contributed by atoms with van der Waals surface area (Å²) in [6.07, 6.45) is -1.11. The van der Waals surface area contributed by atoms with Crippen LogP contribution in [0.25, 0.3) is 0 Å². The number of aliphatic hydroxyl groups is 2. The second kappa shape index (κ2) is 5.31. The molecule has 0 aromatic heterocycles. The molecular weight excluding hydrogens is 262 g/mol. The molecule has 1 amide bonds. The van der Waals surface area contributed by atoms with Crippen LogP contribution < -0.4 is 10.6 Å². The fourth-order valence-corrected chi connectivity index (χ4v) is 2.79. The molecule has 3 rings (SSSR count). The highest BCUT2D eigenvalue weighted by Crippen LogP contribution is 2.28. The van der Waals surface area contributed by atoms with E-state index in [0.717, 1.165) is 18.7 Å². The average molecular weight is 283 g/mol. The highest BCUT2D eigenvalue weighted by molar-refractivity contribution is 5.86. The van der Waals surface area contributed by atoms with Crippen LogP contribution in [0.15, 0.2) is 4.99 Å². The number of amides is 1. The van der Waals surface area contributed by atoms with Gasteiger partial charge in [0.2, 0.25) is 0 Å². The number of nitrogens with zero attached hydrogens (tertiary/aromatic N) is 1. The van der Waals surface area contributed by atoms with Gasteiger partial charge in [0.15, 0.2) is 6.10 Å². The predicted octanol–water partition coefficient (Wildman–Crippen LogP) is -1.47. The van der Waals surface area contributed by atoms with Gasteiger partial charge >= 0.3 is 0 Å². The number of nitrogens with one attached hydrogen (secondary N) is 2. The zero-order chi connectivity index (χ0) is 14.3. The molecule has 2 saturated heterocycles. The molecule has 0 unspecified atom stereocenters.